The maximum absolute atomic E-state index is 14.1. The fourth-order valence-corrected chi connectivity index (χ4v) is 7.07. The fourth-order valence-electron chi connectivity index (χ4n) is 6.78. The van der Waals surface area contributed by atoms with Crippen LogP contribution in [0, 0.1) is 18.8 Å². The minimum atomic E-state index is -0.588. The Morgan fingerprint density at radius 2 is 1.72 bits per heavy atom. The van der Waals surface area contributed by atoms with Crippen LogP contribution < -0.4 is 11.3 Å². The van der Waals surface area contributed by atoms with Gasteiger partial charge in [0.05, 0.1) is 11.5 Å². The quantitative estimate of drug-likeness (QED) is 0.238. The van der Waals surface area contributed by atoms with Crippen molar-refractivity contribution < 1.29 is 4.52 Å². The van der Waals surface area contributed by atoms with Crippen molar-refractivity contribution in [2.45, 2.75) is 71.8 Å². The van der Waals surface area contributed by atoms with Gasteiger partial charge in [0, 0.05) is 42.8 Å². The van der Waals surface area contributed by atoms with Crippen molar-refractivity contribution in [3.8, 4) is 22.5 Å². The molecule has 6 rings (SSSR count). The standard InChI is InChI=1S/C34H39N5O3S/c1-3-4-13-30-35-22(2)29(18-31(43)38-20-25-9-5-6-10-26(25)21-38)33(40)39(30)19-23-14-16-24(17-15-23)27-11-7-8-12-28(27)32-36-34(41)42-37-32/h7-8,11-12,14-17,25-26H,3-6,9-10,13,18-21H2,1-2H3,(H,36,37,41). The summed E-state index contributed by atoms with van der Waals surface area (Å²) in [4.78, 5) is 36.5. The molecule has 1 aliphatic carbocycles. The van der Waals surface area contributed by atoms with Crippen LogP contribution in [0.5, 0.6) is 0 Å². The molecule has 8 nitrogen and oxygen atoms in total. The van der Waals surface area contributed by atoms with Crippen molar-refractivity contribution in [1.82, 2.24) is 24.6 Å². The molecule has 1 saturated carbocycles. The summed E-state index contributed by atoms with van der Waals surface area (Å²) in [5.74, 6) is 2.12. The highest BCUT2D eigenvalue weighted by Gasteiger charge is 2.35. The van der Waals surface area contributed by atoms with Crippen LogP contribution in [0.2, 0.25) is 0 Å². The highest BCUT2D eigenvalue weighted by Crippen LogP contribution is 2.36. The molecular weight excluding hydrogens is 558 g/mol. The zero-order valence-electron chi connectivity index (χ0n) is 25.0. The van der Waals surface area contributed by atoms with E-state index in [1.165, 1.54) is 25.7 Å². The number of H-pyrrole nitrogens is 1. The van der Waals surface area contributed by atoms with E-state index in [0.29, 0.717) is 24.4 Å². The number of unbranched alkanes of at least 4 members (excludes halogenated alkanes) is 1. The zero-order chi connectivity index (χ0) is 29.9. The van der Waals surface area contributed by atoms with Crippen LogP contribution >= 0.6 is 12.2 Å². The van der Waals surface area contributed by atoms with E-state index in [2.05, 4.69) is 22.0 Å². The predicted molar refractivity (Wildman–Crippen MR) is 172 cm³/mol. The summed E-state index contributed by atoms with van der Waals surface area (Å²) in [6, 6.07) is 15.9. The molecule has 0 amide bonds. The molecule has 1 N–H and O–H groups in total. The molecule has 224 valence electrons. The highest BCUT2D eigenvalue weighted by molar-refractivity contribution is 7.80. The van der Waals surface area contributed by atoms with E-state index in [9.17, 15) is 9.59 Å². The highest BCUT2D eigenvalue weighted by atomic mass is 32.1. The Bertz CT molecular complexity index is 1710. The summed E-state index contributed by atoms with van der Waals surface area (Å²) >= 11 is 5.94. The Labute approximate surface area is 257 Å². The van der Waals surface area contributed by atoms with Crippen LogP contribution in [0.1, 0.15) is 68.1 Å². The van der Waals surface area contributed by atoms with Crippen LogP contribution in [-0.2, 0) is 19.4 Å². The average Bonchev–Trinajstić information content (AvgIpc) is 3.66. The first-order valence-electron chi connectivity index (χ1n) is 15.5. The molecule has 3 heterocycles. The number of aromatic nitrogens is 4. The lowest BCUT2D eigenvalue weighted by Crippen LogP contribution is -2.35. The van der Waals surface area contributed by atoms with Crippen LogP contribution in [0.25, 0.3) is 22.5 Å². The van der Waals surface area contributed by atoms with Gasteiger partial charge in [-0.1, -0.05) is 92.1 Å². The summed E-state index contributed by atoms with van der Waals surface area (Å²) < 4.78 is 6.58. The third kappa shape index (κ3) is 6.27. The van der Waals surface area contributed by atoms with E-state index >= 15 is 0 Å². The normalized spacial score (nSPS) is 18.1. The molecule has 1 aliphatic heterocycles. The van der Waals surface area contributed by atoms with Crippen LogP contribution in [0.3, 0.4) is 0 Å². The van der Waals surface area contributed by atoms with Gasteiger partial charge in [0.1, 0.15) is 5.82 Å². The van der Waals surface area contributed by atoms with Gasteiger partial charge in [-0.15, -0.1) is 0 Å². The summed E-state index contributed by atoms with van der Waals surface area (Å²) in [5, 5.41) is 3.87. The lowest BCUT2D eigenvalue weighted by molar-refractivity contribution is 0.299. The first-order valence-corrected chi connectivity index (χ1v) is 15.9. The third-order valence-corrected chi connectivity index (χ3v) is 9.59. The Morgan fingerprint density at radius 3 is 2.37 bits per heavy atom. The van der Waals surface area contributed by atoms with Crippen molar-refractivity contribution >= 4 is 17.2 Å². The molecule has 0 radical (unpaired) electrons. The van der Waals surface area contributed by atoms with Crippen molar-refractivity contribution in [2.75, 3.05) is 13.1 Å². The van der Waals surface area contributed by atoms with Gasteiger partial charge in [0.15, 0.2) is 5.82 Å². The first-order chi connectivity index (χ1) is 20.9. The predicted octanol–water partition coefficient (Wildman–Crippen LogP) is 5.94. The van der Waals surface area contributed by atoms with Gasteiger partial charge in [-0.05, 0) is 54.7 Å². The molecule has 1 saturated heterocycles. The Morgan fingerprint density at radius 1 is 1.02 bits per heavy atom. The third-order valence-electron chi connectivity index (χ3n) is 9.19. The fraction of sp³-hybridized carbons (Fsp3) is 0.441. The maximum atomic E-state index is 14.1. The van der Waals surface area contributed by atoms with Gasteiger partial charge in [0.2, 0.25) is 0 Å². The number of aromatic amines is 1. The van der Waals surface area contributed by atoms with Gasteiger partial charge in [-0.3, -0.25) is 18.9 Å². The van der Waals surface area contributed by atoms with E-state index in [1.54, 1.807) is 0 Å². The minimum absolute atomic E-state index is 0.0157. The Hall–Kier alpha value is -3.85. The van der Waals surface area contributed by atoms with Crippen LogP contribution in [0.15, 0.2) is 62.6 Å². The molecule has 2 unspecified atom stereocenters. The second kappa shape index (κ2) is 12.8. The molecule has 0 bridgehead atoms. The van der Waals surface area contributed by atoms with Gasteiger partial charge >= 0.3 is 5.76 Å². The zero-order valence-corrected chi connectivity index (χ0v) is 25.8. The molecule has 2 fully saturated rings. The number of hydrogen-bond acceptors (Lipinski definition) is 6. The van der Waals surface area contributed by atoms with E-state index < -0.39 is 5.76 Å². The molecule has 2 aromatic heterocycles. The van der Waals surface area contributed by atoms with Crippen LogP contribution in [0.4, 0.5) is 0 Å². The molecular formula is C34H39N5O3S. The molecule has 2 atom stereocenters. The number of benzene rings is 2. The summed E-state index contributed by atoms with van der Waals surface area (Å²) in [7, 11) is 0. The van der Waals surface area contributed by atoms with Crippen molar-refractivity contribution in [1.29, 1.82) is 0 Å². The Kier molecular flexibility index (Phi) is 8.70. The van der Waals surface area contributed by atoms with Gasteiger partial charge in [-0.2, -0.15) is 0 Å². The monoisotopic (exact) mass is 597 g/mol. The molecule has 2 aliphatic rings. The minimum Gasteiger partial charge on any atom is -0.365 e. The van der Waals surface area contributed by atoms with Crippen molar-refractivity contribution in [3.63, 3.8) is 0 Å². The summed E-state index contributed by atoms with van der Waals surface area (Å²) in [5.41, 5.74) is 5.21. The second-order valence-electron chi connectivity index (χ2n) is 12.1. The van der Waals surface area contributed by atoms with E-state index in [4.69, 9.17) is 21.7 Å². The molecule has 2 aromatic carbocycles. The van der Waals surface area contributed by atoms with Crippen molar-refractivity contribution in [2.24, 2.45) is 11.8 Å². The molecule has 43 heavy (non-hydrogen) atoms. The number of hydrogen-bond donors (Lipinski definition) is 1. The molecule has 0 spiro atoms. The Balaban J connectivity index is 1.26. The molecule has 4 aromatic rings. The molecule has 9 heteroatoms. The van der Waals surface area contributed by atoms with Crippen molar-refractivity contribution in [3.05, 3.63) is 92.1 Å². The van der Waals surface area contributed by atoms with Gasteiger partial charge < -0.3 is 4.90 Å². The lowest BCUT2D eigenvalue weighted by atomic mass is 9.82. The number of likely N-dealkylation sites (tertiary alicyclic amines) is 1. The lowest BCUT2D eigenvalue weighted by Gasteiger charge is -2.22. The number of thiocarbonyl (C=S) groups is 1. The van der Waals surface area contributed by atoms with Gasteiger partial charge in [-0.25, -0.2) is 9.78 Å². The van der Waals surface area contributed by atoms with E-state index in [1.807, 2.05) is 60.0 Å². The maximum Gasteiger partial charge on any atom is 0.439 e. The average molecular weight is 598 g/mol. The topological polar surface area (TPSA) is 97.0 Å². The number of fused-ring (bicyclic) bond motifs is 1. The smallest absolute Gasteiger partial charge is 0.365 e. The largest absolute Gasteiger partial charge is 0.439 e. The number of aryl methyl sites for hydroxylation is 2. The number of nitrogens with one attached hydrogen (secondary N) is 1. The summed E-state index contributed by atoms with van der Waals surface area (Å²) in [6.45, 7) is 6.61. The van der Waals surface area contributed by atoms with E-state index in [-0.39, 0.29) is 5.56 Å². The van der Waals surface area contributed by atoms with Crippen LogP contribution in [-0.4, -0.2) is 42.7 Å². The summed E-state index contributed by atoms with van der Waals surface area (Å²) in [6.07, 6.45) is 8.48. The SMILES string of the molecule is CCCCc1nc(C)c(CC(=S)N2CC3CCCCC3C2)c(=O)n1Cc1ccc(-c2ccccc2-c2noc(=O)[nH]2)cc1. The van der Waals surface area contributed by atoms with E-state index in [0.717, 1.165) is 82.9 Å². The number of nitrogens with zero attached hydrogens (tertiary/aromatic N) is 4. The number of rotatable bonds is 9. The van der Waals surface area contributed by atoms with Gasteiger partial charge in [0.25, 0.3) is 5.56 Å². The second-order valence-corrected chi connectivity index (χ2v) is 12.5. The first kappa shape index (κ1) is 29.2.